The number of hydrogen-bond acceptors (Lipinski definition) is 4. The number of benzene rings is 1. The fraction of sp³-hybridized carbons (Fsp3) is 0.538. The van der Waals surface area contributed by atoms with Crippen molar-refractivity contribution in [2.45, 2.75) is 6.10 Å². The van der Waals surface area contributed by atoms with Gasteiger partial charge in [0.2, 0.25) is 0 Å². The quantitative estimate of drug-likeness (QED) is 0.848. The fourth-order valence-electron chi connectivity index (χ4n) is 1.88. The van der Waals surface area contributed by atoms with Crippen molar-refractivity contribution in [3.63, 3.8) is 0 Å². The lowest BCUT2D eigenvalue weighted by Gasteiger charge is -2.28. The van der Waals surface area contributed by atoms with Crippen molar-refractivity contribution >= 4 is 0 Å². The number of ether oxygens (including phenoxy) is 2. The molecular weight excluding hydrogens is 237 g/mol. The zero-order valence-corrected chi connectivity index (χ0v) is 10.2. The minimum absolute atomic E-state index is 0.167. The lowest BCUT2D eigenvalue weighted by Crippen LogP contribution is -2.42. The molecule has 1 aromatic rings. The van der Waals surface area contributed by atoms with E-state index in [2.05, 4.69) is 4.90 Å². The van der Waals surface area contributed by atoms with Gasteiger partial charge in [-0.2, -0.15) is 0 Å². The number of halogens is 1. The SMILES string of the molecule is OC(COc1cccc(F)c1)CN1CCOCC1. The second-order valence-corrected chi connectivity index (χ2v) is 4.34. The highest BCUT2D eigenvalue weighted by atomic mass is 19.1. The highest BCUT2D eigenvalue weighted by molar-refractivity contribution is 5.22. The molecule has 1 aliphatic rings. The van der Waals surface area contributed by atoms with E-state index in [-0.39, 0.29) is 12.4 Å². The molecular formula is C13H18FNO3. The van der Waals surface area contributed by atoms with Gasteiger partial charge in [0.1, 0.15) is 24.3 Å². The Kier molecular flexibility index (Phi) is 4.92. The molecule has 1 aromatic carbocycles. The maximum Gasteiger partial charge on any atom is 0.126 e. The van der Waals surface area contributed by atoms with Crippen LogP contribution in [0.15, 0.2) is 24.3 Å². The molecule has 4 nitrogen and oxygen atoms in total. The molecule has 5 heteroatoms. The van der Waals surface area contributed by atoms with Crippen LogP contribution in [-0.4, -0.2) is 55.6 Å². The van der Waals surface area contributed by atoms with Crippen LogP contribution in [0.5, 0.6) is 5.75 Å². The van der Waals surface area contributed by atoms with E-state index in [4.69, 9.17) is 9.47 Å². The van der Waals surface area contributed by atoms with E-state index in [0.717, 1.165) is 13.1 Å². The lowest BCUT2D eigenvalue weighted by atomic mass is 10.3. The summed E-state index contributed by atoms with van der Waals surface area (Å²) in [4.78, 5) is 2.13. The van der Waals surface area contributed by atoms with E-state index in [9.17, 15) is 9.50 Å². The summed E-state index contributed by atoms with van der Waals surface area (Å²) >= 11 is 0. The van der Waals surface area contributed by atoms with Crippen LogP contribution in [0, 0.1) is 5.82 Å². The van der Waals surface area contributed by atoms with Crippen LogP contribution in [-0.2, 0) is 4.74 Å². The summed E-state index contributed by atoms with van der Waals surface area (Å²) in [5.74, 6) is 0.103. The Morgan fingerprint density at radius 2 is 2.17 bits per heavy atom. The van der Waals surface area contributed by atoms with Crippen molar-refractivity contribution in [2.24, 2.45) is 0 Å². The van der Waals surface area contributed by atoms with Gasteiger partial charge in [0.25, 0.3) is 0 Å². The van der Waals surface area contributed by atoms with E-state index in [1.807, 2.05) is 0 Å². The fourth-order valence-corrected chi connectivity index (χ4v) is 1.88. The number of β-amino-alcohol motifs (C(OH)–C–C–N with tert-alkyl or cyclic N) is 1. The van der Waals surface area contributed by atoms with Crippen LogP contribution in [0.4, 0.5) is 4.39 Å². The molecule has 1 aliphatic heterocycles. The summed E-state index contributed by atoms with van der Waals surface area (Å²) in [6, 6.07) is 5.92. The van der Waals surface area contributed by atoms with Gasteiger partial charge in [-0.3, -0.25) is 4.90 Å². The maximum atomic E-state index is 12.9. The zero-order chi connectivity index (χ0) is 12.8. The number of morpholine rings is 1. The van der Waals surface area contributed by atoms with Gasteiger partial charge in [0.05, 0.1) is 13.2 Å². The second kappa shape index (κ2) is 6.68. The molecule has 0 aromatic heterocycles. The molecule has 0 bridgehead atoms. The molecule has 2 rings (SSSR count). The van der Waals surface area contributed by atoms with Gasteiger partial charge >= 0.3 is 0 Å². The second-order valence-electron chi connectivity index (χ2n) is 4.34. The van der Waals surface area contributed by atoms with Crippen LogP contribution >= 0.6 is 0 Å². The van der Waals surface area contributed by atoms with Crippen LogP contribution in [0.3, 0.4) is 0 Å². The van der Waals surface area contributed by atoms with Crippen LogP contribution in [0.1, 0.15) is 0 Å². The first kappa shape index (κ1) is 13.3. The van der Waals surface area contributed by atoms with E-state index < -0.39 is 6.10 Å². The van der Waals surface area contributed by atoms with Crippen molar-refractivity contribution in [2.75, 3.05) is 39.5 Å². The number of aliphatic hydroxyl groups excluding tert-OH is 1. The van der Waals surface area contributed by atoms with Crippen LogP contribution in [0.2, 0.25) is 0 Å². The molecule has 1 fully saturated rings. The van der Waals surface area contributed by atoms with Crippen molar-refractivity contribution in [1.82, 2.24) is 4.90 Å². The maximum absolute atomic E-state index is 12.9. The molecule has 0 amide bonds. The first-order chi connectivity index (χ1) is 8.74. The largest absolute Gasteiger partial charge is 0.491 e. The Morgan fingerprint density at radius 1 is 1.39 bits per heavy atom. The Hall–Kier alpha value is -1.17. The van der Waals surface area contributed by atoms with E-state index in [1.165, 1.54) is 12.1 Å². The first-order valence-corrected chi connectivity index (χ1v) is 6.10. The van der Waals surface area contributed by atoms with Crippen molar-refractivity contribution < 1.29 is 19.0 Å². The highest BCUT2D eigenvalue weighted by Crippen LogP contribution is 2.12. The highest BCUT2D eigenvalue weighted by Gasteiger charge is 2.15. The van der Waals surface area contributed by atoms with E-state index >= 15 is 0 Å². The van der Waals surface area contributed by atoms with Gasteiger partial charge < -0.3 is 14.6 Å². The molecule has 0 radical (unpaired) electrons. The van der Waals surface area contributed by atoms with Crippen molar-refractivity contribution in [3.8, 4) is 5.75 Å². The summed E-state index contributed by atoms with van der Waals surface area (Å²) in [5.41, 5.74) is 0. The third-order valence-electron chi connectivity index (χ3n) is 2.81. The monoisotopic (exact) mass is 255 g/mol. The number of nitrogens with zero attached hydrogens (tertiary/aromatic N) is 1. The molecule has 0 spiro atoms. The summed E-state index contributed by atoms with van der Waals surface area (Å²) < 4.78 is 23.5. The van der Waals surface area contributed by atoms with Crippen LogP contribution in [0.25, 0.3) is 0 Å². The Bertz CT molecular complexity index is 369. The smallest absolute Gasteiger partial charge is 0.126 e. The topological polar surface area (TPSA) is 41.9 Å². The summed E-state index contributed by atoms with van der Waals surface area (Å²) in [6.45, 7) is 3.79. The molecule has 1 heterocycles. The predicted molar refractivity (Wildman–Crippen MR) is 65.2 cm³/mol. The summed E-state index contributed by atoms with van der Waals surface area (Å²) in [6.07, 6.45) is -0.577. The van der Waals surface area contributed by atoms with Gasteiger partial charge in [0.15, 0.2) is 0 Å². The molecule has 1 unspecified atom stereocenters. The van der Waals surface area contributed by atoms with E-state index in [1.54, 1.807) is 12.1 Å². The minimum atomic E-state index is -0.577. The van der Waals surface area contributed by atoms with Gasteiger partial charge in [0, 0.05) is 25.7 Å². The van der Waals surface area contributed by atoms with Crippen molar-refractivity contribution in [3.05, 3.63) is 30.1 Å². The van der Waals surface area contributed by atoms with Gasteiger partial charge in [-0.1, -0.05) is 6.07 Å². The summed E-state index contributed by atoms with van der Waals surface area (Å²) in [5, 5.41) is 9.83. The van der Waals surface area contributed by atoms with E-state index in [0.29, 0.717) is 25.5 Å². The normalized spacial score (nSPS) is 18.6. The third kappa shape index (κ3) is 4.25. The average molecular weight is 255 g/mol. The summed E-state index contributed by atoms with van der Waals surface area (Å²) in [7, 11) is 0. The first-order valence-electron chi connectivity index (χ1n) is 6.10. The van der Waals surface area contributed by atoms with Gasteiger partial charge in [-0.05, 0) is 12.1 Å². The molecule has 18 heavy (non-hydrogen) atoms. The lowest BCUT2D eigenvalue weighted by molar-refractivity contribution is 0.00463. The molecule has 1 atom stereocenters. The Morgan fingerprint density at radius 3 is 2.89 bits per heavy atom. The van der Waals surface area contributed by atoms with Gasteiger partial charge in [-0.25, -0.2) is 4.39 Å². The molecule has 0 aliphatic carbocycles. The minimum Gasteiger partial charge on any atom is -0.491 e. The Labute approximate surface area is 106 Å². The third-order valence-corrected chi connectivity index (χ3v) is 2.81. The predicted octanol–water partition coefficient (Wildman–Crippen LogP) is 0.898. The van der Waals surface area contributed by atoms with Crippen molar-refractivity contribution in [1.29, 1.82) is 0 Å². The van der Waals surface area contributed by atoms with Gasteiger partial charge in [-0.15, -0.1) is 0 Å². The average Bonchev–Trinajstić information content (AvgIpc) is 2.38. The zero-order valence-electron chi connectivity index (χ0n) is 10.2. The number of hydrogen-bond donors (Lipinski definition) is 1. The molecule has 1 saturated heterocycles. The molecule has 0 saturated carbocycles. The molecule has 100 valence electrons. The van der Waals surface area contributed by atoms with Crippen LogP contribution < -0.4 is 4.74 Å². The number of rotatable bonds is 5. The molecule has 1 N–H and O–H groups in total. The number of aliphatic hydroxyl groups is 1. The Balaban J connectivity index is 1.72. The standard InChI is InChI=1S/C13H18FNO3/c14-11-2-1-3-13(8-11)18-10-12(16)9-15-4-6-17-7-5-15/h1-3,8,12,16H,4-7,9-10H2.